The Hall–Kier alpha value is -2.41. The maximum Gasteiger partial charge on any atom is 0.408 e. The van der Waals surface area contributed by atoms with Gasteiger partial charge in [0.1, 0.15) is 18.0 Å². The van der Waals surface area contributed by atoms with Crippen molar-refractivity contribution in [2.45, 2.75) is 32.8 Å². The summed E-state index contributed by atoms with van der Waals surface area (Å²) in [7, 11) is 1.43. The summed E-state index contributed by atoms with van der Waals surface area (Å²) >= 11 is 0. The van der Waals surface area contributed by atoms with Gasteiger partial charge in [-0.15, -0.1) is 0 Å². The van der Waals surface area contributed by atoms with Crippen LogP contribution in [-0.2, 0) is 16.0 Å². The molecule has 0 saturated carbocycles. The summed E-state index contributed by atoms with van der Waals surface area (Å²) in [5, 5.41) is 11.3. The molecule has 1 amide bonds. The molecule has 7 nitrogen and oxygen atoms in total. The van der Waals surface area contributed by atoms with Crippen LogP contribution in [0.5, 0.6) is 5.75 Å². The van der Waals surface area contributed by atoms with Crippen molar-refractivity contribution in [1.82, 2.24) is 5.32 Å². The van der Waals surface area contributed by atoms with Gasteiger partial charge >= 0.3 is 6.09 Å². The minimum Gasteiger partial charge on any atom is -0.496 e. The van der Waals surface area contributed by atoms with E-state index in [0.29, 0.717) is 16.9 Å². The smallest absolute Gasteiger partial charge is 0.408 e. The van der Waals surface area contributed by atoms with Crippen LogP contribution in [0.25, 0.3) is 0 Å². The number of alkyl carbamates (subject to hydrolysis) is 1. The third-order valence-electron chi connectivity index (χ3n) is 2.97. The summed E-state index contributed by atoms with van der Waals surface area (Å²) in [4.78, 5) is 35.0. The Morgan fingerprint density at radius 2 is 1.88 bits per heavy atom. The molecule has 0 aliphatic heterocycles. The Kier molecular flexibility index (Phi) is 6.91. The number of amides is 1. The molecule has 0 saturated heterocycles. The van der Waals surface area contributed by atoms with Crippen molar-refractivity contribution in [3.8, 4) is 5.75 Å². The lowest BCUT2D eigenvalue weighted by molar-refractivity contribution is -0.117. The van der Waals surface area contributed by atoms with Crippen molar-refractivity contribution in [1.29, 1.82) is 0 Å². The van der Waals surface area contributed by atoms with E-state index in [1.165, 1.54) is 19.2 Å². The first-order valence-electron chi connectivity index (χ1n) is 7.46. The lowest BCUT2D eigenvalue weighted by Crippen LogP contribution is -2.35. The minimum atomic E-state index is -0.660. The van der Waals surface area contributed by atoms with E-state index in [1.807, 2.05) is 0 Å². The van der Waals surface area contributed by atoms with Crippen LogP contribution >= 0.6 is 0 Å². The molecule has 1 aromatic carbocycles. The second-order valence-electron chi connectivity index (χ2n) is 6.18. The molecule has 0 radical (unpaired) electrons. The van der Waals surface area contributed by atoms with E-state index in [4.69, 9.17) is 14.6 Å². The quantitative estimate of drug-likeness (QED) is 0.731. The molecular weight excluding hydrogens is 314 g/mol. The summed E-state index contributed by atoms with van der Waals surface area (Å²) in [6, 6.07) is 4.58. The first-order chi connectivity index (χ1) is 11.2. The highest BCUT2D eigenvalue weighted by atomic mass is 16.6. The van der Waals surface area contributed by atoms with Crippen LogP contribution in [0.15, 0.2) is 18.2 Å². The van der Waals surface area contributed by atoms with Gasteiger partial charge in [-0.2, -0.15) is 0 Å². The molecule has 2 N–H and O–H groups in total. The van der Waals surface area contributed by atoms with Crippen LogP contribution in [0.3, 0.4) is 0 Å². The molecule has 1 rings (SSSR count). The summed E-state index contributed by atoms with van der Waals surface area (Å²) in [6.07, 6.45) is -0.626. The molecule has 24 heavy (non-hydrogen) atoms. The van der Waals surface area contributed by atoms with E-state index >= 15 is 0 Å². The van der Waals surface area contributed by atoms with Crippen LogP contribution in [0.4, 0.5) is 4.79 Å². The Morgan fingerprint density at radius 1 is 1.21 bits per heavy atom. The fourth-order valence-corrected chi connectivity index (χ4v) is 1.92. The molecule has 0 atom stereocenters. The van der Waals surface area contributed by atoms with Gasteiger partial charge in [-0.05, 0) is 26.8 Å². The number of methoxy groups -OCH3 is 1. The van der Waals surface area contributed by atoms with E-state index < -0.39 is 24.1 Å². The number of benzene rings is 1. The van der Waals surface area contributed by atoms with Crippen LogP contribution in [-0.4, -0.2) is 48.6 Å². The Bertz CT molecular complexity index is 618. The van der Waals surface area contributed by atoms with E-state index in [1.54, 1.807) is 26.8 Å². The average Bonchev–Trinajstić information content (AvgIpc) is 2.51. The van der Waals surface area contributed by atoms with Gasteiger partial charge in [0.15, 0.2) is 11.6 Å². The SMILES string of the molecule is COc1cc(C(=O)CO)ccc1CC(=O)CNC(=O)OC(C)(C)C. The van der Waals surface area contributed by atoms with Crippen molar-refractivity contribution in [2.24, 2.45) is 0 Å². The van der Waals surface area contributed by atoms with E-state index in [0.717, 1.165) is 0 Å². The summed E-state index contributed by atoms with van der Waals surface area (Å²) in [5.74, 6) is -0.293. The van der Waals surface area contributed by atoms with Gasteiger partial charge in [0.25, 0.3) is 0 Å². The van der Waals surface area contributed by atoms with Gasteiger partial charge in [-0.3, -0.25) is 9.59 Å². The number of rotatable bonds is 7. The summed E-state index contributed by atoms with van der Waals surface area (Å²) in [6.45, 7) is 4.42. The minimum absolute atomic E-state index is 0.0343. The highest BCUT2D eigenvalue weighted by Crippen LogP contribution is 2.21. The average molecular weight is 337 g/mol. The highest BCUT2D eigenvalue weighted by molar-refractivity contribution is 5.97. The first-order valence-corrected chi connectivity index (χ1v) is 7.46. The molecule has 0 unspecified atom stereocenters. The maximum atomic E-state index is 12.0. The van der Waals surface area contributed by atoms with E-state index in [9.17, 15) is 14.4 Å². The second kappa shape index (κ2) is 8.44. The number of carbonyl (C=O) groups excluding carboxylic acids is 3. The third kappa shape index (κ3) is 6.37. The number of aliphatic hydroxyl groups is 1. The van der Waals surface area contributed by atoms with Crippen molar-refractivity contribution >= 4 is 17.7 Å². The molecule has 0 heterocycles. The Balaban J connectivity index is 2.67. The van der Waals surface area contributed by atoms with Gasteiger partial charge in [-0.25, -0.2) is 4.79 Å². The molecular formula is C17H23NO6. The zero-order valence-electron chi connectivity index (χ0n) is 14.3. The fourth-order valence-electron chi connectivity index (χ4n) is 1.92. The molecule has 132 valence electrons. The van der Waals surface area contributed by atoms with Gasteiger partial charge in [0.05, 0.1) is 13.7 Å². The van der Waals surface area contributed by atoms with Crippen molar-refractivity contribution < 1.29 is 29.0 Å². The summed E-state index contributed by atoms with van der Waals surface area (Å²) in [5.41, 5.74) is 0.256. The number of carbonyl (C=O) groups is 3. The van der Waals surface area contributed by atoms with Crippen LogP contribution < -0.4 is 10.1 Å². The number of Topliss-reactive ketones (excluding diaryl/α,β-unsaturated/α-hetero) is 2. The van der Waals surface area contributed by atoms with E-state index in [-0.39, 0.29) is 18.7 Å². The molecule has 1 aromatic rings. The number of aliphatic hydroxyl groups excluding tert-OH is 1. The zero-order chi connectivity index (χ0) is 18.3. The number of ketones is 2. The normalized spacial score (nSPS) is 10.9. The van der Waals surface area contributed by atoms with Gasteiger partial charge in [-0.1, -0.05) is 12.1 Å². The fraction of sp³-hybridized carbons (Fsp3) is 0.471. The Labute approximate surface area is 141 Å². The lowest BCUT2D eigenvalue weighted by atomic mass is 10.0. The number of hydrogen-bond acceptors (Lipinski definition) is 6. The third-order valence-corrected chi connectivity index (χ3v) is 2.97. The monoisotopic (exact) mass is 337 g/mol. The van der Waals surface area contributed by atoms with Gasteiger partial charge in [0, 0.05) is 17.5 Å². The molecule has 7 heteroatoms. The van der Waals surface area contributed by atoms with Crippen LogP contribution in [0, 0.1) is 0 Å². The molecule has 0 aliphatic rings. The van der Waals surface area contributed by atoms with Crippen LogP contribution in [0.2, 0.25) is 0 Å². The standard InChI is InChI=1S/C17H23NO6/c1-17(2,3)24-16(22)18-9-13(20)7-12-6-5-11(14(21)10-19)8-15(12)23-4/h5-6,8,19H,7,9-10H2,1-4H3,(H,18,22). The lowest BCUT2D eigenvalue weighted by Gasteiger charge is -2.19. The maximum absolute atomic E-state index is 12.0. The molecule has 0 aliphatic carbocycles. The Morgan fingerprint density at radius 3 is 2.42 bits per heavy atom. The van der Waals surface area contributed by atoms with Crippen molar-refractivity contribution in [3.05, 3.63) is 29.3 Å². The number of hydrogen-bond donors (Lipinski definition) is 2. The number of nitrogens with one attached hydrogen (secondary N) is 1. The number of ether oxygens (including phenoxy) is 2. The molecule has 0 fully saturated rings. The largest absolute Gasteiger partial charge is 0.496 e. The van der Waals surface area contributed by atoms with Crippen molar-refractivity contribution in [3.63, 3.8) is 0 Å². The zero-order valence-corrected chi connectivity index (χ0v) is 14.3. The van der Waals surface area contributed by atoms with Crippen molar-refractivity contribution in [2.75, 3.05) is 20.3 Å². The van der Waals surface area contributed by atoms with Gasteiger partial charge in [0.2, 0.25) is 0 Å². The highest BCUT2D eigenvalue weighted by Gasteiger charge is 2.17. The summed E-state index contributed by atoms with van der Waals surface area (Å²) < 4.78 is 10.2. The second-order valence-corrected chi connectivity index (χ2v) is 6.18. The van der Waals surface area contributed by atoms with E-state index in [2.05, 4.69) is 5.32 Å². The van der Waals surface area contributed by atoms with Crippen LogP contribution in [0.1, 0.15) is 36.7 Å². The topological polar surface area (TPSA) is 102 Å². The predicted octanol–water partition coefficient (Wildman–Crippen LogP) is 1.51. The molecule has 0 aromatic heterocycles. The predicted molar refractivity (Wildman–Crippen MR) is 87.4 cm³/mol. The molecule has 0 spiro atoms. The first kappa shape index (κ1) is 19.6. The molecule has 0 bridgehead atoms. The van der Waals surface area contributed by atoms with Gasteiger partial charge < -0.3 is 19.9 Å².